The number of fused-ring (bicyclic) bond motifs is 2. The van der Waals surface area contributed by atoms with Crippen LogP contribution in [0.3, 0.4) is 0 Å². The Balaban J connectivity index is 0.000000263. The second-order valence-corrected chi connectivity index (χ2v) is 34.0. The van der Waals surface area contributed by atoms with Gasteiger partial charge in [-0.15, -0.1) is 35.8 Å². The first-order chi connectivity index (χ1) is 54.5. The van der Waals surface area contributed by atoms with Gasteiger partial charge in [-0.1, -0.05) is 53.7 Å². The Morgan fingerprint density at radius 2 is 0.932 bits per heavy atom. The molecule has 2 aliphatic heterocycles. The molecule has 10 atom stereocenters. The van der Waals surface area contributed by atoms with Crippen LogP contribution in [0.25, 0.3) is 44.6 Å². The molecule has 117 heavy (non-hydrogen) atoms. The monoisotopic (exact) mass is 1650 g/mol. The summed E-state index contributed by atoms with van der Waals surface area (Å²) in [6.45, 7) is 25.3. The number of nitrogens with zero attached hydrogens (tertiary/aromatic N) is 6. The summed E-state index contributed by atoms with van der Waals surface area (Å²) in [6.07, 6.45) is 5.17. The van der Waals surface area contributed by atoms with Gasteiger partial charge in [0.05, 0.1) is 69.0 Å². The molecular weight excluding hydrogens is 1550 g/mol. The summed E-state index contributed by atoms with van der Waals surface area (Å²) in [5, 5.41) is 31.8. The van der Waals surface area contributed by atoms with E-state index in [1.807, 2.05) is 20.8 Å². The van der Waals surface area contributed by atoms with Crippen LogP contribution in [0, 0.1) is 22.7 Å². The molecule has 4 saturated carbocycles. The second kappa shape index (κ2) is 37.9. The molecule has 6 fully saturated rings. The smallest absolute Gasteiger partial charge is 0.870 e. The number of carboxylic acids is 1. The number of amides is 8. The number of carbonyl (C=O) groups excluding carboxylic acids is 9. The molecule has 8 amide bonds. The third kappa shape index (κ3) is 21.5. The SMILES string of the molecule is C=C[C@@H]1C[C@]1(NC(=O)[C@@H]1C[C@@H](Oc2cc(-c3csc(NC(=O)OC(C)C)n3)nc3cc(OC)ccc23)CN1C(=O)[C@@H](NC(=O)OC1CCCC1)C(C)(C)C)C(=O)O.C=C[C@@H]1C[C@]1(NC(=O)[C@@H]1C[C@@H](Oc2cc(-c3csc(NC(=O)OC(C)C)n3)nc3cc(OC)ccc23)CN1C(=O)[C@@H](NC(=O)OC1CCCC1)C(C)(C)C)C(=O)OC.[Li+].[OH-]. The van der Waals surface area contributed by atoms with Crippen molar-refractivity contribution < 1.29 is 120 Å². The van der Waals surface area contributed by atoms with Gasteiger partial charge >= 0.3 is 55.2 Å². The molecule has 0 unspecified atom stereocenters. The molecule has 6 heterocycles. The molecule has 12 rings (SSSR count). The molecule has 6 aliphatic rings. The summed E-state index contributed by atoms with van der Waals surface area (Å²) >= 11 is 2.38. The summed E-state index contributed by atoms with van der Waals surface area (Å²) in [6, 6.07) is 9.59. The average Bonchev–Trinajstić information content (AvgIpc) is 1.59. The number of benzene rings is 2. The van der Waals surface area contributed by atoms with Gasteiger partial charge < -0.3 is 84.3 Å². The topological polar surface area (TPSA) is 434 Å². The van der Waals surface area contributed by atoms with E-state index in [0.717, 1.165) is 51.4 Å². The summed E-state index contributed by atoms with van der Waals surface area (Å²) < 4.78 is 51.0. The van der Waals surface area contributed by atoms with E-state index in [1.54, 1.807) is 121 Å². The van der Waals surface area contributed by atoms with E-state index in [2.05, 4.69) is 55.0 Å². The molecule has 33 nitrogen and oxygen atoms in total. The number of aliphatic carboxylic acids is 1. The van der Waals surface area contributed by atoms with E-state index in [0.29, 0.717) is 84.3 Å². The molecule has 8 N–H and O–H groups in total. The van der Waals surface area contributed by atoms with Crippen LogP contribution in [0.5, 0.6) is 23.0 Å². The zero-order valence-electron chi connectivity index (χ0n) is 68.3. The Kier molecular flexibility index (Phi) is 29.4. The summed E-state index contributed by atoms with van der Waals surface area (Å²) in [7, 11) is 4.33. The Labute approximate surface area is 698 Å². The van der Waals surface area contributed by atoms with Crippen molar-refractivity contribution in [3.05, 3.63) is 84.6 Å². The van der Waals surface area contributed by atoms with E-state index >= 15 is 0 Å². The maximum atomic E-state index is 14.7. The van der Waals surface area contributed by atoms with E-state index in [1.165, 1.54) is 52.8 Å². The number of anilines is 2. The van der Waals surface area contributed by atoms with E-state index in [4.69, 9.17) is 52.6 Å². The predicted molar refractivity (Wildman–Crippen MR) is 429 cm³/mol. The van der Waals surface area contributed by atoms with Crippen molar-refractivity contribution in [1.82, 2.24) is 51.0 Å². The van der Waals surface area contributed by atoms with Gasteiger partial charge in [-0.3, -0.25) is 29.8 Å². The maximum Gasteiger partial charge on any atom is 1.00 e. The Hall–Kier alpha value is -10.3. The van der Waals surface area contributed by atoms with Crippen LogP contribution >= 0.6 is 22.7 Å². The first-order valence-corrected chi connectivity index (χ1v) is 40.3. The number of carbonyl (C=O) groups is 10. The number of nitrogens with one attached hydrogen (secondary N) is 6. The van der Waals surface area contributed by atoms with Crippen molar-refractivity contribution in [1.29, 1.82) is 0 Å². The molecule has 6 aromatic rings. The number of carboxylic acid groups (broad SMARTS) is 1. The number of rotatable bonds is 26. The third-order valence-corrected chi connectivity index (χ3v) is 22.5. The normalized spacial score (nSPS) is 21.9. The molecule has 2 aromatic carbocycles. The van der Waals surface area contributed by atoms with Crippen LogP contribution in [0.4, 0.5) is 29.4 Å². The largest absolute Gasteiger partial charge is 1.00 e. The summed E-state index contributed by atoms with van der Waals surface area (Å²) in [5.74, 6) is -3.05. The van der Waals surface area contributed by atoms with Crippen molar-refractivity contribution in [3.8, 4) is 45.8 Å². The van der Waals surface area contributed by atoms with Crippen molar-refractivity contribution in [2.45, 2.75) is 218 Å². The molecule has 4 aliphatic carbocycles. The van der Waals surface area contributed by atoms with Gasteiger partial charge in [-0.2, -0.15) is 0 Å². The number of hydrogen-bond donors (Lipinski definition) is 7. The number of aromatic nitrogens is 4. The van der Waals surface area contributed by atoms with Crippen LogP contribution < -0.4 is 69.7 Å². The van der Waals surface area contributed by atoms with E-state index in [-0.39, 0.29) is 87.0 Å². The fraction of sp³-hybridized carbons (Fsp3) is 0.531. The van der Waals surface area contributed by atoms with Crippen LogP contribution in [0.1, 0.15) is 146 Å². The number of hydrogen-bond acceptors (Lipinski definition) is 26. The van der Waals surface area contributed by atoms with Gasteiger partial charge in [0.15, 0.2) is 10.3 Å². The number of likely N-dealkylation sites (tertiary alicyclic amines) is 2. The van der Waals surface area contributed by atoms with Crippen LogP contribution in [0.15, 0.2) is 84.6 Å². The summed E-state index contributed by atoms with van der Waals surface area (Å²) in [5.41, 5.74) is -1.66. The zero-order chi connectivity index (χ0) is 83.2. The van der Waals surface area contributed by atoms with Gasteiger partial charge in [0.2, 0.25) is 23.6 Å². The Morgan fingerprint density at radius 1 is 0.547 bits per heavy atom. The van der Waals surface area contributed by atoms with Crippen LogP contribution in [-0.4, -0.2) is 207 Å². The number of alkyl carbamates (subject to hydrolysis) is 2. The minimum Gasteiger partial charge on any atom is -0.870 e. The van der Waals surface area contributed by atoms with E-state index < -0.39 is 124 Å². The minimum absolute atomic E-state index is 0. The first kappa shape index (κ1) is 90.6. The molecule has 0 spiro atoms. The van der Waals surface area contributed by atoms with Crippen molar-refractivity contribution in [2.24, 2.45) is 22.7 Å². The van der Waals surface area contributed by atoms with Crippen molar-refractivity contribution >= 4 is 115 Å². The molecule has 2 saturated heterocycles. The minimum atomic E-state index is -1.54. The van der Waals surface area contributed by atoms with Gasteiger partial charge in [-0.05, 0) is 127 Å². The zero-order valence-corrected chi connectivity index (χ0v) is 70.0. The molecule has 626 valence electrons. The molecule has 0 radical (unpaired) electrons. The van der Waals surface area contributed by atoms with Gasteiger partial charge in [0.25, 0.3) is 0 Å². The Morgan fingerprint density at radius 3 is 1.27 bits per heavy atom. The molecule has 4 aromatic heterocycles. The molecule has 36 heteroatoms. The first-order valence-electron chi connectivity index (χ1n) is 38.5. The van der Waals surface area contributed by atoms with E-state index in [9.17, 15) is 53.1 Å². The van der Waals surface area contributed by atoms with Crippen LogP contribution in [-0.2, 0) is 52.5 Å². The number of esters is 1. The number of ether oxygens (including phenoxy) is 9. The van der Waals surface area contributed by atoms with Gasteiger partial charge in [0.1, 0.15) is 94.0 Å². The maximum absolute atomic E-state index is 14.7. The van der Waals surface area contributed by atoms with Crippen molar-refractivity contribution in [3.63, 3.8) is 0 Å². The Bertz CT molecular complexity index is 4690. The summed E-state index contributed by atoms with van der Waals surface area (Å²) in [4.78, 5) is 155. The fourth-order valence-corrected chi connectivity index (χ4v) is 16.2. The number of methoxy groups -OCH3 is 3. The average molecular weight is 1650 g/mol. The predicted octanol–water partition coefficient (Wildman–Crippen LogP) is 8.72. The van der Waals surface area contributed by atoms with Gasteiger partial charge in [-0.25, -0.2) is 48.7 Å². The second-order valence-electron chi connectivity index (χ2n) is 32.3. The van der Waals surface area contributed by atoms with Gasteiger partial charge in [0, 0.05) is 70.5 Å². The quantitative estimate of drug-likeness (QED) is 0.0115. The number of pyridine rings is 2. The van der Waals surface area contributed by atoms with Crippen LogP contribution in [0.2, 0.25) is 0 Å². The van der Waals surface area contributed by atoms with Crippen molar-refractivity contribution in [2.75, 3.05) is 45.1 Å². The third-order valence-electron chi connectivity index (χ3n) is 21.0. The number of thiazole rings is 2. The standard InChI is InChI=1S/C41H52N6O10S.C40H50N6O10S.Li.H2O/c1-9-23-19-41(23,36(50)54-8)46-34(48)31-17-26(20-47(31)35(49)33(40(4,5)6)44-38(51)57-24-12-10-11-13-24)56-32-18-29(42-28-16-25(53-7)14-15-27(28)32)30-21-58-37(43-30)45-39(52)55-22(2)3;1-8-22-18-40(22,35(49)50)45-33(47)30-16-25(19-46(30)34(48)32(39(4,5)6)43-37(51)56-23-11-9-10-12-23)55-31-17-28(41-27-15-24(53-7)13-14-26(27)31)29-20-57-36(42-29)44-38(52)54-21(2)3;;/h9,14-16,18,21-24,26,31,33H,1,10-13,17,19-20H2,2-8H3,(H,44,51)(H,46,48)(H,43,45,52);8,13-15,17,20-23,25,30,32H,1,9-12,16,18-19H2,2-7H3,(H,43,51)(H,45,47)(H,49,50)(H,42,44,52);;1H2/q;;+1;/p-1/t23-,26-,31+,33-,41-;22-,25-,30+,32-,40-;;/m11../s1. The molecular formula is C81H103LiN12O21S2. The fourth-order valence-electron chi connectivity index (χ4n) is 14.8. The molecule has 0 bridgehead atoms.